The lowest BCUT2D eigenvalue weighted by molar-refractivity contribution is 1.29. The molecule has 1 aliphatic heterocycles. The molecule has 0 bridgehead atoms. The largest absolute Gasteiger partial charge is 0.259 e. The highest BCUT2D eigenvalue weighted by Crippen LogP contribution is 2.09. The molecular weight excluding hydrogens is 138 g/mol. The number of dihydropyridines is 1. The maximum atomic E-state index is 8.44. The third kappa shape index (κ3) is 1.53. The molecule has 0 saturated heterocycles. The normalized spacial score (nSPS) is 13.8. The van der Waals surface area contributed by atoms with Crippen molar-refractivity contribution in [2.24, 2.45) is 4.99 Å². The van der Waals surface area contributed by atoms with E-state index in [0.29, 0.717) is 5.70 Å². The van der Waals surface area contributed by atoms with E-state index < -0.39 is 0 Å². The zero-order valence-corrected chi connectivity index (χ0v) is 5.78. The summed E-state index contributed by atoms with van der Waals surface area (Å²) in [5, 5.41) is 16.9. The van der Waals surface area contributed by atoms with Gasteiger partial charge >= 0.3 is 0 Å². The van der Waals surface area contributed by atoms with Crippen LogP contribution in [0.4, 0.5) is 0 Å². The van der Waals surface area contributed by atoms with Crippen LogP contribution < -0.4 is 0 Å². The van der Waals surface area contributed by atoms with E-state index >= 15 is 0 Å². The number of rotatable bonds is 0. The van der Waals surface area contributed by atoms with Crippen LogP contribution in [0.15, 0.2) is 28.4 Å². The molecule has 0 atom stereocenters. The lowest BCUT2D eigenvalue weighted by atomic mass is 10.2. The Bertz CT molecular complexity index is 290. The van der Waals surface area contributed by atoms with E-state index in [9.17, 15) is 0 Å². The Hall–Kier alpha value is -1.87. The minimum absolute atomic E-state index is 0.0669. The molecule has 0 spiro atoms. The van der Waals surface area contributed by atoms with Crippen molar-refractivity contribution < 1.29 is 0 Å². The molecule has 11 heavy (non-hydrogen) atoms. The molecule has 1 rings (SSSR count). The van der Waals surface area contributed by atoms with Gasteiger partial charge in [0.2, 0.25) is 0 Å². The maximum absolute atomic E-state index is 8.44. The fourth-order valence-electron chi connectivity index (χ4n) is 0.722. The minimum atomic E-state index is 0.0669. The van der Waals surface area contributed by atoms with Crippen molar-refractivity contribution in [2.45, 2.75) is 6.42 Å². The van der Waals surface area contributed by atoms with E-state index in [1.165, 1.54) is 0 Å². The van der Waals surface area contributed by atoms with Crippen molar-refractivity contribution in [1.29, 1.82) is 10.5 Å². The van der Waals surface area contributed by atoms with E-state index in [1.807, 2.05) is 6.08 Å². The number of nitriles is 2. The zero-order valence-electron chi connectivity index (χ0n) is 5.78. The summed E-state index contributed by atoms with van der Waals surface area (Å²) in [4.78, 5) is 3.89. The first-order chi connectivity index (χ1) is 5.38. The molecule has 1 aliphatic rings. The fourth-order valence-corrected chi connectivity index (χ4v) is 0.722. The number of aliphatic imine (C=N–C) groups is 1. The van der Waals surface area contributed by atoms with E-state index in [2.05, 4.69) is 4.99 Å². The molecule has 0 aliphatic carbocycles. The Kier molecular flexibility index (Phi) is 2.20. The summed E-state index contributed by atoms with van der Waals surface area (Å²) >= 11 is 0. The monoisotopic (exact) mass is 143 g/mol. The van der Waals surface area contributed by atoms with Gasteiger partial charge in [0.1, 0.15) is 12.1 Å². The first kappa shape index (κ1) is 7.24. The molecule has 0 N–H and O–H groups in total. The van der Waals surface area contributed by atoms with Gasteiger partial charge in [0.25, 0.3) is 0 Å². The number of hydrogen-bond donors (Lipinski definition) is 0. The standard InChI is InChI=1S/C8H5N3/c9-5-7(6-10)8-3-1-2-4-11-8/h1,3-4H,2H2. The number of allylic oxidation sites excluding steroid dienone is 3. The van der Waals surface area contributed by atoms with Crippen LogP contribution in [0.25, 0.3) is 0 Å². The molecule has 0 radical (unpaired) electrons. The van der Waals surface area contributed by atoms with E-state index in [-0.39, 0.29) is 5.57 Å². The van der Waals surface area contributed by atoms with Gasteiger partial charge < -0.3 is 0 Å². The number of hydrogen-bond acceptors (Lipinski definition) is 3. The first-order valence-corrected chi connectivity index (χ1v) is 3.12. The van der Waals surface area contributed by atoms with Crippen molar-refractivity contribution in [3.05, 3.63) is 23.4 Å². The topological polar surface area (TPSA) is 59.9 Å². The van der Waals surface area contributed by atoms with Crippen LogP contribution in [0.1, 0.15) is 6.42 Å². The predicted molar refractivity (Wildman–Crippen MR) is 40.5 cm³/mol. The van der Waals surface area contributed by atoms with E-state index in [4.69, 9.17) is 10.5 Å². The molecule has 52 valence electrons. The van der Waals surface area contributed by atoms with Crippen LogP contribution in [0.2, 0.25) is 0 Å². The van der Waals surface area contributed by atoms with Crippen LogP contribution in [0, 0.1) is 22.7 Å². The first-order valence-electron chi connectivity index (χ1n) is 3.12. The Morgan fingerprint density at radius 1 is 1.45 bits per heavy atom. The molecule has 0 aromatic carbocycles. The van der Waals surface area contributed by atoms with Gasteiger partial charge in [-0.05, 0) is 6.08 Å². The van der Waals surface area contributed by atoms with Gasteiger partial charge in [0, 0.05) is 12.6 Å². The predicted octanol–water partition coefficient (Wildman–Crippen LogP) is 1.32. The molecular formula is C8H5N3. The van der Waals surface area contributed by atoms with Gasteiger partial charge in [-0.1, -0.05) is 6.08 Å². The van der Waals surface area contributed by atoms with E-state index in [0.717, 1.165) is 6.42 Å². The third-order valence-electron chi connectivity index (χ3n) is 1.23. The summed E-state index contributed by atoms with van der Waals surface area (Å²) < 4.78 is 0. The molecule has 0 aromatic heterocycles. The Labute approximate surface area is 64.6 Å². The quantitative estimate of drug-likeness (QED) is 0.480. The van der Waals surface area contributed by atoms with Crippen LogP contribution in [0.3, 0.4) is 0 Å². The second kappa shape index (κ2) is 3.34. The van der Waals surface area contributed by atoms with Gasteiger partial charge in [-0.3, -0.25) is 4.99 Å². The lowest BCUT2D eigenvalue weighted by Crippen LogP contribution is -1.87. The molecule has 3 heteroatoms. The summed E-state index contributed by atoms with van der Waals surface area (Å²) in [5.41, 5.74) is 0.526. The van der Waals surface area contributed by atoms with Crippen LogP contribution in [0.5, 0.6) is 0 Å². The van der Waals surface area contributed by atoms with Crippen LogP contribution in [-0.4, -0.2) is 6.21 Å². The lowest BCUT2D eigenvalue weighted by Gasteiger charge is -1.96. The molecule has 0 aromatic rings. The summed E-state index contributed by atoms with van der Waals surface area (Å²) in [6.07, 6.45) is 5.98. The smallest absolute Gasteiger partial charge is 0.155 e. The van der Waals surface area contributed by atoms with Crippen molar-refractivity contribution in [3.8, 4) is 12.1 Å². The highest BCUT2D eigenvalue weighted by Gasteiger charge is 2.01. The van der Waals surface area contributed by atoms with Gasteiger partial charge in [0.05, 0.1) is 5.70 Å². The zero-order chi connectivity index (χ0) is 8.10. The molecule has 0 fully saturated rings. The van der Waals surface area contributed by atoms with Gasteiger partial charge in [-0.2, -0.15) is 10.5 Å². The Morgan fingerprint density at radius 3 is 2.64 bits per heavy atom. The summed E-state index contributed by atoms with van der Waals surface area (Å²) in [5.74, 6) is 0. The van der Waals surface area contributed by atoms with Gasteiger partial charge in [-0.15, -0.1) is 0 Å². The average Bonchev–Trinajstić information content (AvgIpc) is 2.09. The van der Waals surface area contributed by atoms with Crippen LogP contribution >= 0.6 is 0 Å². The summed E-state index contributed by atoms with van der Waals surface area (Å²) in [6, 6.07) is 3.55. The summed E-state index contributed by atoms with van der Waals surface area (Å²) in [6.45, 7) is 0. The Balaban J connectivity index is 3.06. The molecule has 0 saturated carbocycles. The Morgan fingerprint density at radius 2 is 2.18 bits per heavy atom. The summed E-state index contributed by atoms with van der Waals surface area (Å²) in [7, 11) is 0. The van der Waals surface area contributed by atoms with Crippen molar-refractivity contribution in [2.75, 3.05) is 0 Å². The minimum Gasteiger partial charge on any atom is -0.259 e. The van der Waals surface area contributed by atoms with Crippen molar-refractivity contribution >= 4 is 6.21 Å². The van der Waals surface area contributed by atoms with Gasteiger partial charge in [-0.25, -0.2) is 0 Å². The molecule has 1 heterocycles. The fraction of sp³-hybridized carbons (Fsp3) is 0.125. The second-order valence-electron chi connectivity index (χ2n) is 1.93. The molecule has 3 nitrogen and oxygen atoms in total. The van der Waals surface area contributed by atoms with Crippen LogP contribution in [-0.2, 0) is 0 Å². The molecule has 0 unspecified atom stereocenters. The number of nitrogens with zero attached hydrogens (tertiary/aromatic N) is 3. The van der Waals surface area contributed by atoms with Crippen molar-refractivity contribution in [1.82, 2.24) is 0 Å². The highest BCUT2D eigenvalue weighted by atomic mass is 14.7. The third-order valence-corrected chi connectivity index (χ3v) is 1.23. The van der Waals surface area contributed by atoms with Crippen molar-refractivity contribution in [3.63, 3.8) is 0 Å². The SMILES string of the molecule is N#CC(C#N)=C1C=CCC=N1. The second-order valence-corrected chi connectivity index (χ2v) is 1.93. The highest BCUT2D eigenvalue weighted by molar-refractivity contribution is 5.65. The van der Waals surface area contributed by atoms with E-state index in [1.54, 1.807) is 24.4 Å². The average molecular weight is 143 g/mol. The molecule has 0 amide bonds. The van der Waals surface area contributed by atoms with Gasteiger partial charge in [0.15, 0.2) is 5.57 Å². The maximum Gasteiger partial charge on any atom is 0.155 e.